The van der Waals surface area contributed by atoms with Gasteiger partial charge in [0.1, 0.15) is 4.90 Å². The van der Waals surface area contributed by atoms with Crippen molar-refractivity contribution in [1.82, 2.24) is 10.2 Å². The van der Waals surface area contributed by atoms with E-state index in [0.717, 1.165) is 5.69 Å². The zero-order valence-electron chi connectivity index (χ0n) is 10.4. The maximum Gasteiger partial charge on any atom is 0.267 e. The van der Waals surface area contributed by atoms with Crippen molar-refractivity contribution in [3.63, 3.8) is 0 Å². The topological polar surface area (TPSA) is 69.3 Å². The van der Waals surface area contributed by atoms with Gasteiger partial charge in [0.2, 0.25) is 0 Å². The Bertz CT molecular complexity index is 682. The van der Waals surface area contributed by atoms with E-state index in [1.165, 1.54) is 16.7 Å². The summed E-state index contributed by atoms with van der Waals surface area (Å²) in [6, 6.07) is 7.49. The SMILES string of the molecule is CN1CCN(S(=O)(=O)c2cn[nH]c2)c2ccccc21. The highest BCUT2D eigenvalue weighted by Gasteiger charge is 2.31. The largest absolute Gasteiger partial charge is 0.371 e. The van der Waals surface area contributed by atoms with Gasteiger partial charge in [-0.2, -0.15) is 5.10 Å². The first-order valence-corrected chi connectivity index (χ1v) is 7.36. The lowest BCUT2D eigenvalue weighted by molar-refractivity contribution is 0.589. The van der Waals surface area contributed by atoms with Gasteiger partial charge >= 0.3 is 0 Å². The molecule has 1 N–H and O–H groups in total. The minimum atomic E-state index is -3.54. The molecule has 19 heavy (non-hydrogen) atoms. The average Bonchev–Trinajstić information content (AvgIpc) is 2.94. The molecule has 0 aliphatic carbocycles. The van der Waals surface area contributed by atoms with E-state index >= 15 is 0 Å². The zero-order valence-corrected chi connectivity index (χ0v) is 11.3. The van der Waals surface area contributed by atoms with Gasteiger partial charge in [0.05, 0.1) is 24.1 Å². The molecule has 0 bridgehead atoms. The summed E-state index contributed by atoms with van der Waals surface area (Å²) in [6.45, 7) is 1.09. The van der Waals surface area contributed by atoms with Crippen molar-refractivity contribution in [2.75, 3.05) is 29.3 Å². The number of hydrogen-bond donors (Lipinski definition) is 1. The van der Waals surface area contributed by atoms with Crippen molar-refractivity contribution in [1.29, 1.82) is 0 Å². The Morgan fingerprint density at radius 3 is 2.63 bits per heavy atom. The molecule has 0 atom stereocenters. The maximum absolute atomic E-state index is 12.6. The van der Waals surface area contributed by atoms with Crippen LogP contribution in [0.1, 0.15) is 0 Å². The van der Waals surface area contributed by atoms with Crippen LogP contribution in [-0.2, 0) is 10.0 Å². The fraction of sp³-hybridized carbons (Fsp3) is 0.250. The molecule has 3 rings (SSSR count). The van der Waals surface area contributed by atoms with Crippen LogP contribution in [-0.4, -0.2) is 38.8 Å². The van der Waals surface area contributed by atoms with Crippen LogP contribution in [0.15, 0.2) is 41.6 Å². The van der Waals surface area contributed by atoms with Gasteiger partial charge in [-0.3, -0.25) is 9.40 Å². The van der Waals surface area contributed by atoms with E-state index in [2.05, 4.69) is 15.1 Å². The Kier molecular flexibility index (Phi) is 2.70. The van der Waals surface area contributed by atoms with Crippen molar-refractivity contribution in [3.05, 3.63) is 36.7 Å². The number of likely N-dealkylation sites (N-methyl/N-ethyl adjacent to an activating group) is 1. The van der Waals surface area contributed by atoms with E-state index in [-0.39, 0.29) is 4.90 Å². The molecule has 100 valence electrons. The standard InChI is InChI=1S/C12H14N4O2S/c1-15-6-7-16(12-5-3-2-4-11(12)15)19(17,18)10-8-13-14-9-10/h2-5,8-9H,6-7H2,1H3,(H,13,14). The predicted octanol–water partition coefficient (Wildman–Crippen LogP) is 1.05. The maximum atomic E-state index is 12.6. The van der Waals surface area contributed by atoms with E-state index in [4.69, 9.17) is 0 Å². The summed E-state index contributed by atoms with van der Waals surface area (Å²) in [6.07, 6.45) is 2.73. The van der Waals surface area contributed by atoms with Crippen LogP contribution in [0.2, 0.25) is 0 Å². The monoisotopic (exact) mass is 278 g/mol. The van der Waals surface area contributed by atoms with Crippen molar-refractivity contribution >= 4 is 21.4 Å². The van der Waals surface area contributed by atoms with E-state index in [1.54, 1.807) is 0 Å². The predicted molar refractivity (Wildman–Crippen MR) is 72.8 cm³/mol. The molecule has 1 aliphatic rings. The molecule has 2 aromatic rings. The minimum absolute atomic E-state index is 0.187. The van der Waals surface area contributed by atoms with Crippen molar-refractivity contribution < 1.29 is 8.42 Å². The van der Waals surface area contributed by atoms with Gasteiger partial charge in [0.25, 0.3) is 10.0 Å². The number of benzene rings is 1. The molecule has 2 heterocycles. The van der Waals surface area contributed by atoms with Crippen LogP contribution in [0, 0.1) is 0 Å². The number of H-pyrrole nitrogens is 1. The number of hydrogen-bond acceptors (Lipinski definition) is 4. The molecule has 0 saturated carbocycles. The van der Waals surface area contributed by atoms with E-state index in [1.807, 2.05) is 31.3 Å². The molecule has 1 aromatic heterocycles. The fourth-order valence-corrected chi connectivity index (χ4v) is 3.61. The number of fused-ring (bicyclic) bond motifs is 1. The summed E-state index contributed by atoms with van der Waals surface area (Å²) >= 11 is 0. The van der Waals surface area contributed by atoms with Gasteiger partial charge in [-0.15, -0.1) is 0 Å². The Balaban J connectivity index is 2.11. The van der Waals surface area contributed by atoms with Crippen LogP contribution in [0.25, 0.3) is 0 Å². The number of anilines is 2. The zero-order chi connectivity index (χ0) is 13.5. The first-order chi connectivity index (χ1) is 9.10. The summed E-state index contributed by atoms with van der Waals surface area (Å²) < 4.78 is 26.6. The smallest absolute Gasteiger partial charge is 0.267 e. The van der Waals surface area contributed by atoms with Gasteiger partial charge in [0, 0.05) is 19.8 Å². The lowest BCUT2D eigenvalue weighted by Crippen LogP contribution is -2.42. The van der Waals surface area contributed by atoms with Crippen LogP contribution >= 0.6 is 0 Å². The molecular weight excluding hydrogens is 264 g/mol. The number of aromatic amines is 1. The van der Waals surface area contributed by atoms with Gasteiger partial charge in [0.15, 0.2) is 0 Å². The van der Waals surface area contributed by atoms with Crippen molar-refractivity contribution in [2.24, 2.45) is 0 Å². The highest BCUT2D eigenvalue weighted by molar-refractivity contribution is 7.92. The lowest BCUT2D eigenvalue weighted by atomic mass is 10.2. The van der Waals surface area contributed by atoms with Gasteiger partial charge in [-0.05, 0) is 12.1 Å². The summed E-state index contributed by atoms with van der Waals surface area (Å²) in [4.78, 5) is 2.24. The Labute approximate surface area is 111 Å². The molecule has 0 fully saturated rings. The Morgan fingerprint density at radius 2 is 1.95 bits per heavy atom. The second-order valence-corrected chi connectivity index (χ2v) is 6.28. The third kappa shape index (κ3) is 1.86. The van der Waals surface area contributed by atoms with E-state index < -0.39 is 10.0 Å². The van der Waals surface area contributed by atoms with Crippen LogP contribution in [0.5, 0.6) is 0 Å². The first-order valence-electron chi connectivity index (χ1n) is 5.92. The average molecular weight is 278 g/mol. The summed E-state index contributed by atoms with van der Waals surface area (Å²) in [5, 5.41) is 6.25. The summed E-state index contributed by atoms with van der Waals surface area (Å²) in [7, 11) is -1.58. The Hall–Kier alpha value is -2.02. The quantitative estimate of drug-likeness (QED) is 0.891. The number of rotatable bonds is 2. The van der Waals surface area contributed by atoms with Crippen LogP contribution < -0.4 is 9.21 Å². The Morgan fingerprint density at radius 1 is 1.21 bits per heavy atom. The molecule has 0 amide bonds. The molecule has 0 saturated heterocycles. The lowest BCUT2D eigenvalue weighted by Gasteiger charge is -2.35. The highest BCUT2D eigenvalue weighted by atomic mass is 32.2. The number of nitrogens with zero attached hydrogens (tertiary/aromatic N) is 3. The number of sulfonamides is 1. The van der Waals surface area contributed by atoms with E-state index in [0.29, 0.717) is 18.8 Å². The molecular formula is C12H14N4O2S. The molecule has 1 aliphatic heterocycles. The van der Waals surface area contributed by atoms with Gasteiger partial charge < -0.3 is 4.90 Å². The molecule has 6 nitrogen and oxygen atoms in total. The second kappa shape index (κ2) is 4.27. The minimum Gasteiger partial charge on any atom is -0.371 e. The normalized spacial score (nSPS) is 15.4. The molecule has 0 unspecified atom stereocenters. The number of nitrogens with one attached hydrogen (secondary N) is 1. The highest BCUT2D eigenvalue weighted by Crippen LogP contribution is 2.35. The van der Waals surface area contributed by atoms with E-state index in [9.17, 15) is 8.42 Å². The third-order valence-electron chi connectivity index (χ3n) is 3.26. The first kappa shape index (κ1) is 12.0. The molecule has 0 radical (unpaired) electrons. The van der Waals surface area contributed by atoms with Gasteiger partial charge in [-0.1, -0.05) is 12.1 Å². The van der Waals surface area contributed by atoms with Crippen LogP contribution in [0.4, 0.5) is 11.4 Å². The summed E-state index contributed by atoms with van der Waals surface area (Å²) in [5.41, 5.74) is 1.62. The second-order valence-electron chi connectivity index (χ2n) is 4.42. The van der Waals surface area contributed by atoms with Crippen molar-refractivity contribution in [2.45, 2.75) is 4.90 Å². The molecule has 0 spiro atoms. The number of para-hydroxylation sites is 2. The third-order valence-corrected chi connectivity index (χ3v) is 5.04. The molecule has 1 aromatic carbocycles. The fourth-order valence-electron chi connectivity index (χ4n) is 2.24. The molecule has 7 heteroatoms. The van der Waals surface area contributed by atoms with Gasteiger partial charge in [-0.25, -0.2) is 8.42 Å². The summed E-state index contributed by atoms with van der Waals surface area (Å²) in [5.74, 6) is 0. The van der Waals surface area contributed by atoms with Crippen LogP contribution in [0.3, 0.4) is 0 Å². The van der Waals surface area contributed by atoms with Crippen molar-refractivity contribution in [3.8, 4) is 0 Å². The number of aromatic nitrogens is 2.